The Bertz CT molecular complexity index is 751. The summed E-state index contributed by atoms with van der Waals surface area (Å²) < 4.78 is 1.87. The van der Waals surface area contributed by atoms with Crippen molar-refractivity contribution in [2.24, 2.45) is 0 Å². The van der Waals surface area contributed by atoms with Gasteiger partial charge in [-0.3, -0.25) is 9.48 Å². The van der Waals surface area contributed by atoms with Crippen LogP contribution < -0.4 is 0 Å². The summed E-state index contributed by atoms with van der Waals surface area (Å²) in [7, 11) is 1.52. The monoisotopic (exact) mass is 357 g/mol. The molecule has 1 N–H and O–H groups in total. The van der Waals surface area contributed by atoms with Crippen molar-refractivity contribution in [3.05, 3.63) is 53.3 Å². The maximum atomic E-state index is 12.8. The first-order chi connectivity index (χ1) is 12.4. The summed E-state index contributed by atoms with van der Waals surface area (Å²) in [5.74, 6) is -1.40. The van der Waals surface area contributed by atoms with Crippen molar-refractivity contribution in [1.82, 2.24) is 14.7 Å². The molecule has 0 radical (unpaired) electrons. The molecule has 6 heteroatoms. The lowest BCUT2D eigenvalue weighted by atomic mass is 10.0. The molecule has 0 saturated carbocycles. The molecule has 2 rings (SSSR count). The zero-order valence-corrected chi connectivity index (χ0v) is 15.8. The minimum Gasteiger partial charge on any atom is -0.480 e. The van der Waals surface area contributed by atoms with E-state index >= 15 is 0 Å². The van der Waals surface area contributed by atoms with Gasteiger partial charge in [0.25, 0.3) is 5.91 Å². The minimum atomic E-state index is -1.03. The van der Waals surface area contributed by atoms with Gasteiger partial charge in [0.1, 0.15) is 6.04 Å². The third kappa shape index (κ3) is 4.31. The number of benzene rings is 1. The summed E-state index contributed by atoms with van der Waals surface area (Å²) in [6.07, 6.45) is 2.10. The average molecular weight is 357 g/mol. The Labute approximate surface area is 154 Å². The topological polar surface area (TPSA) is 75.4 Å². The summed E-state index contributed by atoms with van der Waals surface area (Å²) in [5, 5.41) is 14.1. The number of carboxylic acids is 1. The lowest BCUT2D eigenvalue weighted by molar-refractivity contribution is -0.141. The number of hydrogen-bond acceptors (Lipinski definition) is 3. The number of rotatable bonds is 8. The lowest BCUT2D eigenvalue weighted by Gasteiger charge is -2.24. The van der Waals surface area contributed by atoms with Crippen LogP contribution in [0, 0.1) is 6.92 Å². The van der Waals surface area contributed by atoms with Crippen molar-refractivity contribution >= 4 is 11.9 Å². The van der Waals surface area contributed by atoms with Crippen LogP contribution in [0.15, 0.2) is 36.4 Å². The Kier molecular flexibility index (Phi) is 6.55. The van der Waals surface area contributed by atoms with E-state index < -0.39 is 12.0 Å². The Balaban J connectivity index is 2.23. The van der Waals surface area contributed by atoms with Crippen LogP contribution >= 0.6 is 0 Å². The highest BCUT2D eigenvalue weighted by atomic mass is 16.4. The predicted molar refractivity (Wildman–Crippen MR) is 100 cm³/mol. The maximum absolute atomic E-state index is 12.8. The molecule has 0 aliphatic carbocycles. The summed E-state index contributed by atoms with van der Waals surface area (Å²) >= 11 is 0. The minimum absolute atomic E-state index is 0.237. The zero-order chi connectivity index (χ0) is 19.3. The van der Waals surface area contributed by atoms with Gasteiger partial charge in [-0.05, 0) is 31.4 Å². The second-order valence-electron chi connectivity index (χ2n) is 6.55. The van der Waals surface area contributed by atoms with E-state index in [0.29, 0.717) is 0 Å². The van der Waals surface area contributed by atoms with Crippen molar-refractivity contribution in [1.29, 1.82) is 0 Å². The molecule has 1 amide bonds. The van der Waals surface area contributed by atoms with Gasteiger partial charge < -0.3 is 10.0 Å². The van der Waals surface area contributed by atoms with E-state index in [1.54, 1.807) is 6.07 Å². The van der Waals surface area contributed by atoms with E-state index in [1.165, 1.54) is 11.9 Å². The van der Waals surface area contributed by atoms with Crippen LogP contribution in [0.5, 0.6) is 0 Å². The standard InChI is InChI=1S/C20H27N3O3/c1-5-16(6-2)23-14(3)12-17(21-23)19(24)22(4)18(20(25)26)13-15-10-8-7-9-11-15/h7-12,16,18H,5-6,13H2,1-4H3,(H,25,26). The Hall–Kier alpha value is -2.63. The van der Waals surface area contributed by atoms with Gasteiger partial charge in [-0.2, -0.15) is 5.10 Å². The molecule has 1 atom stereocenters. The third-order valence-electron chi connectivity index (χ3n) is 4.77. The number of carbonyl (C=O) groups excluding carboxylic acids is 1. The fourth-order valence-corrected chi connectivity index (χ4v) is 3.15. The molecule has 2 aromatic rings. The van der Waals surface area contributed by atoms with E-state index in [2.05, 4.69) is 18.9 Å². The molecule has 0 aliphatic rings. The number of likely N-dealkylation sites (N-methyl/N-ethyl adjacent to an activating group) is 1. The van der Waals surface area contributed by atoms with Crippen LogP contribution in [0.2, 0.25) is 0 Å². The number of aromatic nitrogens is 2. The van der Waals surface area contributed by atoms with Gasteiger partial charge >= 0.3 is 5.97 Å². The van der Waals surface area contributed by atoms with Crippen molar-refractivity contribution in [2.75, 3.05) is 7.05 Å². The molecule has 1 unspecified atom stereocenters. The largest absolute Gasteiger partial charge is 0.480 e. The summed E-state index contributed by atoms with van der Waals surface area (Å²) in [6.45, 7) is 6.09. The molecular weight excluding hydrogens is 330 g/mol. The smallest absolute Gasteiger partial charge is 0.326 e. The number of amides is 1. The molecule has 6 nitrogen and oxygen atoms in total. The summed E-state index contributed by atoms with van der Waals surface area (Å²) in [5.41, 5.74) is 2.07. The molecule has 0 aliphatic heterocycles. The van der Waals surface area contributed by atoms with Crippen molar-refractivity contribution in [3.63, 3.8) is 0 Å². The van der Waals surface area contributed by atoms with Crippen LogP contribution in [0.1, 0.15) is 54.5 Å². The second-order valence-corrected chi connectivity index (χ2v) is 6.55. The van der Waals surface area contributed by atoms with Crippen LogP contribution in [0.3, 0.4) is 0 Å². The van der Waals surface area contributed by atoms with Gasteiger partial charge in [0.15, 0.2) is 5.69 Å². The zero-order valence-electron chi connectivity index (χ0n) is 15.8. The molecular formula is C20H27N3O3. The van der Waals surface area contributed by atoms with E-state index in [4.69, 9.17) is 0 Å². The van der Waals surface area contributed by atoms with Gasteiger partial charge in [-0.15, -0.1) is 0 Å². The van der Waals surface area contributed by atoms with Crippen molar-refractivity contribution in [2.45, 2.75) is 52.1 Å². The Morgan fingerprint density at radius 1 is 1.19 bits per heavy atom. The predicted octanol–water partition coefficient (Wildman–Crippen LogP) is 3.32. The fourth-order valence-electron chi connectivity index (χ4n) is 3.15. The van der Waals surface area contributed by atoms with Gasteiger partial charge in [-0.1, -0.05) is 44.2 Å². The molecule has 26 heavy (non-hydrogen) atoms. The number of hydrogen-bond donors (Lipinski definition) is 1. The lowest BCUT2D eigenvalue weighted by Crippen LogP contribution is -2.44. The first-order valence-electron chi connectivity index (χ1n) is 8.99. The second kappa shape index (κ2) is 8.65. The van der Waals surface area contributed by atoms with Crippen LogP contribution in [0.25, 0.3) is 0 Å². The van der Waals surface area contributed by atoms with Gasteiger partial charge in [0.2, 0.25) is 0 Å². The van der Waals surface area contributed by atoms with Crippen LogP contribution in [-0.4, -0.2) is 44.8 Å². The van der Waals surface area contributed by atoms with E-state index in [9.17, 15) is 14.7 Å². The van der Waals surface area contributed by atoms with Gasteiger partial charge in [0.05, 0.1) is 6.04 Å². The van der Waals surface area contributed by atoms with Crippen LogP contribution in [-0.2, 0) is 11.2 Å². The molecule has 0 saturated heterocycles. The number of aryl methyl sites for hydroxylation is 1. The molecule has 140 valence electrons. The highest BCUT2D eigenvalue weighted by molar-refractivity contribution is 5.95. The molecule has 1 aromatic carbocycles. The third-order valence-corrected chi connectivity index (χ3v) is 4.77. The first-order valence-corrected chi connectivity index (χ1v) is 8.99. The highest BCUT2D eigenvalue weighted by Gasteiger charge is 2.29. The fraction of sp³-hybridized carbons (Fsp3) is 0.450. The Morgan fingerprint density at radius 2 is 1.81 bits per heavy atom. The van der Waals surface area contributed by atoms with Gasteiger partial charge in [-0.25, -0.2) is 4.79 Å². The van der Waals surface area contributed by atoms with Gasteiger partial charge in [0, 0.05) is 19.2 Å². The molecule has 1 aromatic heterocycles. The summed E-state index contributed by atoms with van der Waals surface area (Å²) in [4.78, 5) is 25.8. The molecule has 1 heterocycles. The number of carbonyl (C=O) groups is 2. The summed E-state index contributed by atoms with van der Waals surface area (Å²) in [6, 6.07) is 10.3. The quantitative estimate of drug-likeness (QED) is 0.786. The van der Waals surface area contributed by atoms with E-state index in [1.807, 2.05) is 41.9 Å². The van der Waals surface area contributed by atoms with Crippen molar-refractivity contribution < 1.29 is 14.7 Å². The molecule has 0 bridgehead atoms. The van der Waals surface area contributed by atoms with E-state index in [-0.39, 0.29) is 24.1 Å². The van der Waals surface area contributed by atoms with Crippen LogP contribution in [0.4, 0.5) is 0 Å². The van der Waals surface area contributed by atoms with E-state index in [0.717, 1.165) is 24.1 Å². The SMILES string of the molecule is CCC(CC)n1nc(C(=O)N(C)C(Cc2ccccc2)C(=O)O)cc1C. The first kappa shape index (κ1) is 19.7. The number of carboxylic acid groups (broad SMARTS) is 1. The average Bonchev–Trinajstić information content (AvgIpc) is 3.02. The number of nitrogens with zero attached hydrogens (tertiary/aromatic N) is 3. The molecule has 0 fully saturated rings. The maximum Gasteiger partial charge on any atom is 0.326 e. The molecule has 0 spiro atoms. The normalized spacial score (nSPS) is 12.2. The highest BCUT2D eigenvalue weighted by Crippen LogP contribution is 2.19. The van der Waals surface area contributed by atoms with Crippen molar-refractivity contribution in [3.8, 4) is 0 Å². The number of aliphatic carboxylic acids is 1. The Morgan fingerprint density at radius 3 is 2.35 bits per heavy atom.